The van der Waals surface area contributed by atoms with Crippen molar-refractivity contribution >= 4 is 79.4 Å². The minimum Gasteiger partial charge on any atom is -0.457 e. The molecule has 0 unspecified atom stereocenters. The Balaban J connectivity index is 1.22. The summed E-state index contributed by atoms with van der Waals surface area (Å²) in [5, 5.41) is 13.0. The molecule has 0 aliphatic carbocycles. The molecule has 2 heterocycles. The van der Waals surface area contributed by atoms with Crippen molar-refractivity contribution in [2.24, 2.45) is 0 Å². The number of rotatable bonds is 7. The number of hydrogen-bond donors (Lipinski definition) is 0. The van der Waals surface area contributed by atoms with Crippen LogP contribution in [0.4, 0.5) is 0 Å². The maximum absolute atomic E-state index is 7.23. The number of ether oxygens (including phenoxy) is 1. The van der Waals surface area contributed by atoms with Gasteiger partial charge < -0.3 is 9.30 Å². The van der Waals surface area contributed by atoms with E-state index in [2.05, 4.69) is 241 Å². The van der Waals surface area contributed by atoms with Gasteiger partial charge in [-0.3, -0.25) is 0 Å². The summed E-state index contributed by atoms with van der Waals surface area (Å²) in [4.78, 5) is 0. The number of hydrogen-bond acceptors (Lipinski definition) is 1. The molecular formula is C54H39NOSi2. The van der Waals surface area contributed by atoms with Gasteiger partial charge in [0.15, 0.2) is 16.1 Å². The van der Waals surface area contributed by atoms with Crippen LogP contribution in [0.2, 0.25) is 0 Å². The summed E-state index contributed by atoms with van der Waals surface area (Å²) < 4.78 is 9.69. The second kappa shape index (κ2) is 13.9. The fourth-order valence-corrected chi connectivity index (χ4v) is 19.7. The lowest BCUT2D eigenvalue weighted by atomic mass is 10.1. The molecule has 0 spiro atoms. The zero-order valence-corrected chi connectivity index (χ0v) is 33.9. The van der Waals surface area contributed by atoms with Gasteiger partial charge in [0, 0.05) is 11.1 Å². The summed E-state index contributed by atoms with van der Waals surface area (Å²) in [5.74, 6) is 1.90. The van der Waals surface area contributed by atoms with Crippen LogP contribution in [0.25, 0.3) is 27.5 Å². The molecule has 0 bridgehead atoms. The maximum Gasteiger partial charge on any atom is 0.188 e. The minimum absolute atomic E-state index is 0.935. The monoisotopic (exact) mass is 773 g/mol. The SMILES string of the molecule is c1ccc([Si](c2ccccc2)(c2ccccc2)c2cccc(-n3c4ccccc4c4c5c(ccc43)[Si](c3ccccc3)(c3ccccc3)c3ccccc3O5)c2)cc1. The van der Waals surface area contributed by atoms with Gasteiger partial charge in [-0.25, -0.2) is 0 Å². The molecule has 10 aromatic rings. The van der Waals surface area contributed by atoms with E-state index < -0.39 is 16.1 Å². The van der Waals surface area contributed by atoms with E-state index in [4.69, 9.17) is 4.74 Å². The standard InChI is InChI=1S/C54H39NOSi2/c1-6-22-41(23-7-1)57(42-24-8-2-9-25-42,43-26-10-3-11-27-43)46-32-20-21-40(39-46)55-48-34-17-16-33-47(48)53-49(55)37-38-52-54(53)56-50-35-18-19-36-51(50)58(52,44-28-12-4-13-29-44)45-30-14-5-15-31-45/h1-39H. The third-order valence-corrected chi connectivity index (χ3v) is 21.9. The molecule has 1 aromatic heterocycles. The zero-order valence-electron chi connectivity index (χ0n) is 31.9. The molecular weight excluding hydrogens is 735 g/mol. The number of fused-ring (bicyclic) bond motifs is 6. The van der Waals surface area contributed by atoms with E-state index in [1.807, 2.05) is 0 Å². The topological polar surface area (TPSA) is 14.2 Å². The number of nitrogens with zero attached hydrogens (tertiary/aromatic N) is 1. The Morgan fingerprint density at radius 2 is 0.879 bits per heavy atom. The molecule has 2 nitrogen and oxygen atoms in total. The zero-order chi connectivity index (χ0) is 38.5. The van der Waals surface area contributed by atoms with Crippen LogP contribution in [0.15, 0.2) is 237 Å². The summed E-state index contributed by atoms with van der Waals surface area (Å²) in [7, 11) is -5.59. The maximum atomic E-state index is 7.23. The Kier molecular flexibility index (Phi) is 8.21. The second-order valence-electron chi connectivity index (χ2n) is 15.2. The molecule has 274 valence electrons. The Hall–Kier alpha value is -6.99. The van der Waals surface area contributed by atoms with Gasteiger partial charge in [0.1, 0.15) is 11.5 Å². The lowest BCUT2D eigenvalue weighted by Gasteiger charge is -2.39. The van der Waals surface area contributed by atoms with Crippen molar-refractivity contribution in [2.45, 2.75) is 0 Å². The van der Waals surface area contributed by atoms with Crippen LogP contribution in [0.5, 0.6) is 11.5 Å². The molecule has 0 saturated heterocycles. The highest BCUT2D eigenvalue weighted by Crippen LogP contribution is 2.41. The van der Waals surface area contributed by atoms with Gasteiger partial charge in [-0.2, -0.15) is 0 Å². The number of aromatic nitrogens is 1. The van der Waals surface area contributed by atoms with E-state index in [0.29, 0.717) is 0 Å². The van der Waals surface area contributed by atoms with Crippen molar-refractivity contribution in [2.75, 3.05) is 0 Å². The summed E-state index contributed by atoms with van der Waals surface area (Å²) >= 11 is 0. The number of para-hydroxylation sites is 2. The van der Waals surface area contributed by atoms with Gasteiger partial charge in [0.2, 0.25) is 0 Å². The van der Waals surface area contributed by atoms with Gasteiger partial charge in [-0.1, -0.05) is 206 Å². The Morgan fingerprint density at radius 1 is 0.379 bits per heavy atom. The highest BCUT2D eigenvalue weighted by Gasteiger charge is 2.49. The van der Waals surface area contributed by atoms with Gasteiger partial charge in [-0.15, -0.1) is 0 Å². The molecule has 0 saturated carbocycles. The van der Waals surface area contributed by atoms with Gasteiger partial charge in [0.05, 0.1) is 16.4 Å². The highest BCUT2D eigenvalue weighted by molar-refractivity contribution is 7.21. The average Bonchev–Trinajstić information content (AvgIpc) is 3.65. The van der Waals surface area contributed by atoms with Crippen LogP contribution in [0.3, 0.4) is 0 Å². The quantitative estimate of drug-likeness (QED) is 0.120. The third kappa shape index (κ3) is 5.02. The first-order valence-electron chi connectivity index (χ1n) is 20.0. The van der Waals surface area contributed by atoms with Crippen molar-refractivity contribution in [1.82, 2.24) is 4.57 Å². The normalized spacial score (nSPS) is 13.1. The van der Waals surface area contributed by atoms with Crippen molar-refractivity contribution in [3.8, 4) is 17.2 Å². The molecule has 1 aliphatic heterocycles. The van der Waals surface area contributed by atoms with Gasteiger partial charge in [0.25, 0.3) is 0 Å². The molecule has 0 atom stereocenters. The Labute approximate surface area is 340 Å². The molecule has 0 fully saturated rings. The predicted octanol–water partition coefficient (Wildman–Crippen LogP) is 7.64. The minimum atomic E-state index is -2.83. The largest absolute Gasteiger partial charge is 0.457 e. The average molecular weight is 774 g/mol. The fraction of sp³-hybridized carbons (Fsp3) is 0. The number of benzene rings is 9. The molecule has 0 N–H and O–H groups in total. The lowest BCUT2D eigenvalue weighted by molar-refractivity contribution is 0.493. The summed E-state index contributed by atoms with van der Waals surface area (Å²) in [6.45, 7) is 0. The van der Waals surface area contributed by atoms with E-state index in [-0.39, 0.29) is 0 Å². The summed E-state index contributed by atoms with van der Waals surface area (Å²) in [6, 6.07) is 87.5. The highest BCUT2D eigenvalue weighted by atomic mass is 28.3. The van der Waals surface area contributed by atoms with E-state index in [1.54, 1.807) is 0 Å². The first kappa shape index (κ1) is 34.3. The van der Waals surface area contributed by atoms with Crippen molar-refractivity contribution in [3.05, 3.63) is 237 Å². The van der Waals surface area contributed by atoms with Crippen LogP contribution in [0, 0.1) is 0 Å². The second-order valence-corrected chi connectivity index (χ2v) is 22.7. The van der Waals surface area contributed by atoms with Crippen LogP contribution in [0.1, 0.15) is 0 Å². The predicted molar refractivity (Wildman–Crippen MR) is 248 cm³/mol. The first-order valence-corrected chi connectivity index (χ1v) is 24.0. The van der Waals surface area contributed by atoms with Crippen LogP contribution >= 0.6 is 0 Å². The molecule has 58 heavy (non-hydrogen) atoms. The molecule has 0 radical (unpaired) electrons. The Morgan fingerprint density at radius 3 is 1.48 bits per heavy atom. The van der Waals surface area contributed by atoms with Crippen LogP contribution < -0.4 is 46.2 Å². The lowest BCUT2D eigenvalue weighted by Crippen LogP contribution is -2.76. The molecule has 11 rings (SSSR count). The third-order valence-electron chi connectivity index (χ3n) is 12.3. The molecule has 1 aliphatic rings. The van der Waals surface area contributed by atoms with Crippen LogP contribution in [-0.4, -0.2) is 20.7 Å². The Bertz CT molecular complexity index is 2940. The van der Waals surface area contributed by atoms with Crippen molar-refractivity contribution in [1.29, 1.82) is 0 Å². The molecule has 4 heteroatoms. The van der Waals surface area contributed by atoms with Gasteiger partial charge >= 0.3 is 0 Å². The fourth-order valence-electron chi connectivity index (χ4n) is 9.94. The van der Waals surface area contributed by atoms with Crippen molar-refractivity contribution < 1.29 is 4.74 Å². The van der Waals surface area contributed by atoms with E-state index >= 15 is 0 Å². The van der Waals surface area contributed by atoms with E-state index in [1.165, 1.54) is 46.9 Å². The van der Waals surface area contributed by atoms with E-state index in [9.17, 15) is 0 Å². The summed E-state index contributed by atoms with van der Waals surface area (Å²) in [6.07, 6.45) is 0. The smallest absolute Gasteiger partial charge is 0.188 e. The van der Waals surface area contributed by atoms with Gasteiger partial charge in [-0.05, 0) is 71.8 Å². The molecule has 0 amide bonds. The van der Waals surface area contributed by atoms with Crippen molar-refractivity contribution in [3.63, 3.8) is 0 Å². The van der Waals surface area contributed by atoms with Crippen LogP contribution in [-0.2, 0) is 0 Å². The first-order chi connectivity index (χ1) is 28.8. The molecule has 9 aromatic carbocycles. The van der Waals surface area contributed by atoms with E-state index in [0.717, 1.165) is 33.6 Å². The summed E-state index contributed by atoms with van der Waals surface area (Å²) in [5.41, 5.74) is 3.42.